The van der Waals surface area contributed by atoms with Crippen molar-refractivity contribution in [3.05, 3.63) is 51.4 Å². The fraction of sp³-hybridized carbons (Fsp3) is 0.333. The van der Waals surface area contributed by atoms with Crippen molar-refractivity contribution in [2.75, 3.05) is 6.26 Å². The highest BCUT2D eigenvalue weighted by molar-refractivity contribution is 8.00. The van der Waals surface area contributed by atoms with Gasteiger partial charge < -0.3 is 5.11 Å². The van der Waals surface area contributed by atoms with E-state index in [2.05, 4.69) is 10.9 Å². The lowest BCUT2D eigenvalue weighted by molar-refractivity contribution is -0.137. The zero-order chi connectivity index (χ0) is 20.5. The molecule has 10 heteroatoms. The summed E-state index contributed by atoms with van der Waals surface area (Å²) in [6.45, 7) is 0. The second-order valence-corrected chi connectivity index (χ2v) is 8.30. The number of hydrogen-bond acceptors (Lipinski definition) is 5. The lowest BCUT2D eigenvalue weighted by Crippen LogP contribution is -2.41. The maximum Gasteiger partial charge on any atom is 0.416 e. The highest BCUT2D eigenvalue weighted by Gasteiger charge is 2.31. The number of aliphatic hydroxyl groups is 1. The van der Waals surface area contributed by atoms with Crippen LogP contribution in [0.2, 0.25) is 0 Å². The third kappa shape index (κ3) is 4.18. The maximum absolute atomic E-state index is 12.6. The van der Waals surface area contributed by atoms with Gasteiger partial charge in [0.1, 0.15) is 0 Å². The van der Waals surface area contributed by atoms with E-state index in [1.54, 1.807) is 0 Å². The highest BCUT2D eigenvalue weighted by Crippen LogP contribution is 2.43. The smallest absolute Gasteiger partial charge is 0.388 e. The first-order valence-corrected chi connectivity index (χ1v) is 10.4. The van der Waals surface area contributed by atoms with Gasteiger partial charge in [0.25, 0.3) is 11.8 Å². The summed E-state index contributed by atoms with van der Waals surface area (Å²) in [5.74, 6) is -1.24. The Kier molecular flexibility index (Phi) is 6.01. The van der Waals surface area contributed by atoms with Crippen LogP contribution in [0.3, 0.4) is 0 Å². The number of alkyl halides is 3. The van der Waals surface area contributed by atoms with E-state index in [0.29, 0.717) is 17.7 Å². The quantitative estimate of drug-likeness (QED) is 0.509. The van der Waals surface area contributed by atoms with Crippen LogP contribution >= 0.6 is 23.1 Å². The molecule has 0 radical (unpaired) electrons. The zero-order valence-electron chi connectivity index (χ0n) is 14.7. The summed E-state index contributed by atoms with van der Waals surface area (Å²) in [5.41, 5.74) is 5.22. The Hall–Kier alpha value is -2.04. The molecule has 0 unspecified atom stereocenters. The van der Waals surface area contributed by atoms with Crippen LogP contribution in [0.15, 0.2) is 28.5 Å². The first-order valence-electron chi connectivity index (χ1n) is 8.38. The second kappa shape index (κ2) is 8.14. The van der Waals surface area contributed by atoms with Gasteiger partial charge in [-0.2, -0.15) is 13.2 Å². The van der Waals surface area contributed by atoms with Crippen LogP contribution in [-0.2, 0) is 12.6 Å². The molecule has 28 heavy (non-hydrogen) atoms. The van der Waals surface area contributed by atoms with E-state index in [9.17, 15) is 27.9 Å². The van der Waals surface area contributed by atoms with E-state index in [1.165, 1.54) is 23.1 Å². The van der Waals surface area contributed by atoms with Gasteiger partial charge in [0.2, 0.25) is 0 Å². The molecule has 0 saturated carbocycles. The van der Waals surface area contributed by atoms with Crippen LogP contribution in [0.25, 0.3) is 0 Å². The van der Waals surface area contributed by atoms with Gasteiger partial charge >= 0.3 is 6.18 Å². The Bertz CT molecular complexity index is 895. The lowest BCUT2D eigenvalue weighted by atomic mass is 9.91. The molecule has 1 aromatic heterocycles. The third-order valence-electron chi connectivity index (χ3n) is 4.41. The first kappa shape index (κ1) is 20.7. The summed E-state index contributed by atoms with van der Waals surface area (Å²) < 4.78 is 38.6. The minimum Gasteiger partial charge on any atom is -0.388 e. The van der Waals surface area contributed by atoms with Crippen molar-refractivity contribution in [2.45, 2.75) is 35.8 Å². The number of hydrogen-bond donors (Lipinski definition) is 3. The molecular formula is C18H17F3N2O3S2. The molecule has 3 N–H and O–H groups in total. The molecule has 1 aromatic carbocycles. The standard InChI is InChI=1S/C18H17F3N2O3S2/c1-27-17-13-11(3-2-4-12(13)24)14(28-17)16(26)23-22-15(25)9-5-7-10(8-6-9)18(19,20)21/h5-8,12,24H,2-4H2,1H3,(H,22,25)(H,23,26)/t12-/m1/s1. The van der Waals surface area contributed by atoms with E-state index in [1.807, 2.05) is 6.26 Å². The van der Waals surface area contributed by atoms with Crippen LogP contribution in [0.1, 0.15) is 55.7 Å². The SMILES string of the molecule is CSc1sc(C(=O)NNC(=O)c2ccc(C(F)(F)F)cc2)c2c1[C@H](O)CCC2. The topological polar surface area (TPSA) is 78.4 Å². The summed E-state index contributed by atoms with van der Waals surface area (Å²) >= 11 is 2.70. The number of nitrogens with one attached hydrogen (secondary N) is 2. The van der Waals surface area contributed by atoms with Crippen molar-refractivity contribution in [3.8, 4) is 0 Å². The zero-order valence-corrected chi connectivity index (χ0v) is 16.4. The van der Waals surface area contributed by atoms with Gasteiger partial charge in [-0.3, -0.25) is 20.4 Å². The number of hydrazine groups is 1. The van der Waals surface area contributed by atoms with Gasteiger partial charge in [-0.1, -0.05) is 0 Å². The number of carbonyl (C=O) groups excluding carboxylic acids is 2. The number of aliphatic hydroxyl groups excluding tert-OH is 1. The van der Waals surface area contributed by atoms with E-state index in [0.717, 1.165) is 46.0 Å². The number of rotatable bonds is 3. The van der Waals surface area contributed by atoms with Crippen molar-refractivity contribution in [1.82, 2.24) is 10.9 Å². The van der Waals surface area contributed by atoms with Crippen LogP contribution in [0.4, 0.5) is 13.2 Å². The molecule has 0 fully saturated rings. The molecule has 1 heterocycles. The van der Waals surface area contributed by atoms with E-state index < -0.39 is 29.7 Å². The molecular weight excluding hydrogens is 413 g/mol. The molecule has 0 bridgehead atoms. The number of halogens is 3. The number of amides is 2. The molecule has 0 aliphatic heterocycles. The molecule has 1 aliphatic carbocycles. The number of thiophene rings is 1. The van der Waals surface area contributed by atoms with Crippen LogP contribution in [-0.4, -0.2) is 23.2 Å². The molecule has 2 amide bonds. The molecule has 5 nitrogen and oxygen atoms in total. The molecule has 1 atom stereocenters. The van der Waals surface area contributed by atoms with Gasteiger partial charge in [0.05, 0.1) is 20.8 Å². The van der Waals surface area contributed by atoms with E-state index in [-0.39, 0.29) is 5.56 Å². The number of fused-ring (bicyclic) bond motifs is 1. The monoisotopic (exact) mass is 430 g/mol. The van der Waals surface area contributed by atoms with Gasteiger partial charge in [0.15, 0.2) is 0 Å². The predicted molar refractivity (Wildman–Crippen MR) is 100 cm³/mol. The Labute approximate surface area is 167 Å². The minimum atomic E-state index is -4.49. The average Bonchev–Trinajstić information content (AvgIpc) is 3.05. The molecule has 0 spiro atoms. The Morgan fingerprint density at radius 3 is 2.43 bits per heavy atom. The molecule has 1 aliphatic rings. The van der Waals surface area contributed by atoms with Crippen LogP contribution < -0.4 is 10.9 Å². The van der Waals surface area contributed by atoms with Gasteiger partial charge in [-0.05, 0) is 55.3 Å². The Balaban J connectivity index is 1.70. The molecule has 150 valence electrons. The summed E-state index contributed by atoms with van der Waals surface area (Å²) in [7, 11) is 0. The molecule has 2 aromatic rings. The fourth-order valence-electron chi connectivity index (χ4n) is 3.04. The fourth-order valence-corrected chi connectivity index (χ4v) is 5.14. The summed E-state index contributed by atoms with van der Waals surface area (Å²) in [6, 6.07) is 3.69. The average molecular weight is 430 g/mol. The first-order chi connectivity index (χ1) is 13.2. The third-order valence-corrected chi connectivity index (χ3v) is 6.79. The molecule has 0 saturated heterocycles. The lowest BCUT2D eigenvalue weighted by Gasteiger charge is -2.19. The van der Waals surface area contributed by atoms with Crippen molar-refractivity contribution in [1.29, 1.82) is 0 Å². The van der Waals surface area contributed by atoms with E-state index in [4.69, 9.17) is 0 Å². The molecule has 3 rings (SSSR count). The summed E-state index contributed by atoms with van der Waals surface area (Å²) in [6.07, 6.45) is -1.16. The predicted octanol–water partition coefficient (Wildman–Crippen LogP) is 3.93. The normalized spacial score (nSPS) is 16.4. The van der Waals surface area contributed by atoms with Gasteiger partial charge in [-0.25, -0.2) is 0 Å². The van der Waals surface area contributed by atoms with Crippen molar-refractivity contribution in [3.63, 3.8) is 0 Å². The Morgan fingerprint density at radius 2 is 1.82 bits per heavy atom. The minimum absolute atomic E-state index is 0.0123. The summed E-state index contributed by atoms with van der Waals surface area (Å²) in [4.78, 5) is 25.0. The summed E-state index contributed by atoms with van der Waals surface area (Å²) in [5, 5.41) is 10.2. The van der Waals surface area contributed by atoms with Gasteiger partial charge in [-0.15, -0.1) is 23.1 Å². The maximum atomic E-state index is 12.6. The van der Waals surface area contributed by atoms with Gasteiger partial charge in [0, 0.05) is 11.1 Å². The van der Waals surface area contributed by atoms with Crippen molar-refractivity contribution < 1.29 is 27.9 Å². The largest absolute Gasteiger partial charge is 0.416 e. The number of carbonyl (C=O) groups is 2. The van der Waals surface area contributed by atoms with E-state index >= 15 is 0 Å². The number of thioether (sulfide) groups is 1. The Morgan fingerprint density at radius 1 is 1.18 bits per heavy atom. The van der Waals surface area contributed by atoms with Crippen molar-refractivity contribution in [2.24, 2.45) is 0 Å². The second-order valence-electron chi connectivity index (χ2n) is 6.21. The van der Waals surface area contributed by atoms with Crippen LogP contribution in [0.5, 0.6) is 0 Å². The number of benzene rings is 1. The van der Waals surface area contributed by atoms with Crippen molar-refractivity contribution >= 4 is 34.9 Å². The van der Waals surface area contributed by atoms with Crippen LogP contribution in [0, 0.1) is 0 Å². The highest BCUT2D eigenvalue weighted by atomic mass is 32.2.